The van der Waals surface area contributed by atoms with Crippen molar-refractivity contribution in [3.63, 3.8) is 0 Å². The molecule has 0 saturated carbocycles. The number of benzene rings is 2. The largest absolute Gasteiger partial charge is 0.483 e. The molecule has 2 aromatic carbocycles. The van der Waals surface area contributed by atoms with Gasteiger partial charge >= 0.3 is 0 Å². The Kier molecular flexibility index (Phi) is 6.48. The van der Waals surface area contributed by atoms with Gasteiger partial charge in [0.2, 0.25) is 0 Å². The minimum Gasteiger partial charge on any atom is -0.483 e. The van der Waals surface area contributed by atoms with E-state index < -0.39 is 9.84 Å². The summed E-state index contributed by atoms with van der Waals surface area (Å²) >= 11 is 9.17. The maximum Gasteiger partial charge on any atom is 0.258 e. The summed E-state index contributed by atoms with van der Waals surface area (Å²) in [4.78, 5) is 12.3. The molecule has 0 aliphatic carbocycles. The van der Waals surface area contributed by atoms with Crippen molar-refractivity contribution in [2.24, 2.45) is 0 Å². The Hall–Kier alpha value is -1.57. The van der Waals surface area contributed by atoms with Crippen molar-refractivity contribution < 1.29 is 17.9 Å². The van der Waals surface area contributed by atoms with Gasteiger partial charge in [0.05, 0.1) is 15.4 Å². The third kappa shape index (κ3) is 5.73. The van der Waals surface area contributed by atoms with Crippen molar-refractivity contribution in [2.75, 3.05) is 12.9 Å². The molecule has 0 bridgehead atoms. The van der Waals surface area contributed by atoms with Crippen LogP contribution in [0.5, 0.6) is 5.75 Å². The lowest BCUT2D eigenvalue weighted by Gasteiger charge is -2.15. The van der Waals surface area contributed by atoms with E-state index in [0.29, 0.717) is 15.2 Å². The number of ether oxygens (including phenoxy) is 1. The summed E-state index contributed by atoms with van der Waals surface area (Å²) in [5.74, 6) is 0.228. The molecule has 134 valence electrons. The third-order valence-corrected chi connectivity index (χ3v) is 5.42. The van der Waals surface area contributed by atoms with Crippen LogP contribution >= 0.6 is 27.5 Å². The van der Waals surface area contributed by atoms with Gasteiger partial charge in [0.1, 0.15) is 5.75 Å². The first kappa shape index (κ1) is 19.8. The van der Waals surface area contributed by atoms with E-state index >= 15 is 0 Å². The van der Waals surface area contributed by atoms with Crippen molar-refractivity contribution in [3.05, 3.63) is 57.5 Å². The highest BCUT2D eigenvalue weighted by molar-refractivity contribution is 9.10. The minimum absolute atomic E-state index is 0.147. The Morgan fingerprint density at radius 1 is 1.24 bits per heavy atom. The zero-order valence-corrected chi connectivity index (χ0v) is 16.8. The second-order valence-electron chi connectivity index (χ2n) is 5.49. The molecule has 2 rings (SSSR count). The standard InChI is InChI=1S/C17H17BrClNO4S/c1-11(12-3-6-14(7-4-12)25(2,22)23)20-17(21)10-24-16-8-5-13(19)9-15(16)18/h3-9,11H,10H2,1-2H3,(H,20,21)/t11-/m1/s1. The van der Waals surface area contributed by atoms with E-state index in [2.05, 4.69) is 21.2 Å². The Bertz CT molecular complexity index is 869. The Balaban J connectivity index is 1.93. The van der Waals surface area contributed by atoms with E-state index in [1.54, 1.807) is 30.3 Å². The van der Waals surface area contributed by atoms with Gasteiger partial charge in [-0.2, -0.15) is 0 Å². The summed E-state index contributed by atoms with van der Waals surface area (Å²) in [6, 6.07) is 11.1. The first-order chi connectivity index (χ1) is 11.7. The molecule has 25 heavy (non-hydrogen) atoms. The summed E-state index contributed by atoms with van der Waals surface area (Å²) in [7, 11) is -3.24. The Labute approximate surface area is 160 Å². The number of halogens is 2. The fraction of sp³-hybridized carbons (Fsp3) is 0.235. The lowest BCUT2D eigenvalue weighted by molar-refractivity contribution is -0.123. The number of amides is 1. The third-order valence-electron chi connectivity index (χ3n) is 3.44. The Morgan fingerprint density at radius 3 is 2.44 bits per heavy atom. The monoisotopic (exact) mass is 445 g/mol. The van der Waals surface area contributed by atoms with Gasteiger partial charge in [-0.05, 0) is 58.7 Å². The minimum atomic E-state index is -3.24. The van der Waals surface area contributed by atoms with E-state index in [9.17, 15) is 13.2 Å². The number of carbonyl (C=O) groups is 1. The van der Waals surface area contributed by atoms with Gasteiger partial charge in [-0.1, -0.05) is 23.7 Å². The van der Waals surface area contributed by atoms with E-state index in [-0.39, 0.29) is 23.5 Å². The van der Waals surface area contributed by atoms with Crippen LogP contribution in [0.4, 0.5) is 0 Å². The number of hydrogen-bond acceptors (Lipinski definition) is 4. The van der Waals surface area contributed by atoms with Crippen LogP contribution in [0.25, 0.3) is 0 Å². The fourth-order valence-electron chi connectivity index (χ4n) is 2.11. The molecule has 5 nitrogen and oxygen atoms in total. The number of rotatable bonds is 6. The maximum atomic E-state index is 12.0. The zero-order chi connectivity index (χ0) is 18.6. The molecule has 1 atom stereocenters. The predicted molar refractivity (Wildman–Crippen MR) is 101 cm³/mol. The molecule has 1 N–H and O–H groups in total. The molecule has 0 aromatic heterocycles. The Morgan fingerprint density at radius 2 is 1.88 bits per heavy atom. The highest BCUT2D eigenvalue weighted by Crippen LogP contribution is 2.27. The van der Waals surface area contributed by atoms with E-state index in [1.165, 1.54) is 12.1 Å². The van der Waals surface area contributed by atoms with Crippen molar-refractivity contribution in [1.82, 2.24) is 5.32 Å². The van der Waals surface area contributed by atoms with Gasteiger partial charge in [-0.25, -0.2) is 8.42 Å². The molecule has 0 spiro atoms. The molecular weight excluding hydrogens is 430 g/mol. The van der Waals surface area contributed by atoms with Gasteiger partial charge in [0.15, 0.2) is 16.4 Å². The molecule has 2 aromatic rings. The SMILES string of the molecule is C[C@@H](NC(=O)COc1ccc(Cl)cc1Br)c1ccc(S(C)(=O)=O)cc1. The average Bonchev–Trinajstić information content (AvgIpc) is 2.53. The van der Waals surface area contributed by atoms with E-state index in [0.717, 1.165) is 11.8 Å². The second-order valence-corrected chi connectivity index (χ2v) is 8.80. The molecule has 0 aliphatic rings. The highest BCUT2D eigenvalue weighted by atomic mass is 79.9. The maximum absolute atomic E-state index is 12.0. The second kappa shape index (κ2) is 8.21. The normalized spacial score (nSPS) is 12.5. The van der Waals surface area contributed by atoms with Crippen LogP contribution in [0.15, 0.2) is 51.8 Å². The van der Waals surface area contributed by atoms with Crippen LogP contribution < -0.4 is 10.1 Å². The number of hydrogen-bond donors (Lipinski definition) is 1. The molecule has 1 amide bonds. The van der Waals surface area contributed by atoms with Crippen LogP contribution in [0.1, 0.15) is 18.5 Å². The number of carbonyl (C=O) groups excluding carboxylic acids is 1. The first-order valence-electron chi connectivity index (χ1n) is 7.34. The summed E-state index contributed by atoms with van der Waals surface area (Å²) < 4.78 is 29.0. The average molecular weight is 447 g/mol. The van der Waals surface area contributed by atoms with Crippen molar-refractivity contribution in [2.45, 2.75) is 17.9 Å². The van der Waals surface area contributed by atoms with Crippen LogP contribution in [-0.4, -0.2) is 27.2 Å². The number of sulfone groups is 1. The summed E-state index contributed by atoms with van der Waals surface area (Å²) in [5.41, 5.74) is 0.799. The summed E-state index contributed by atoms with van der Waals surface area (Å²) in [5, 5.41) is 3.37. The van der Waals surface area contributed by atoms with Gasteiger partial charge in [-0.3, -0.25) is 4.79 Å². The lowest BCUT2D eigenvalue weighted by atomic mass is 10.1. The highest BCUT2D eigenvalue weighted by Gasteiger charge is 2.13. The zero-order valence-electron chi connectivity index (χ0n) is 13.6. The van der Waals surface area contributed by atoms with E-state index in [4.69, 9.17) is 16.3 Å². The molecule has 0 aliphatic heterocycles. The van der Waals surface area contributed by atoms with Gasteiger partial charge in [0, 0.05) is 11.3 Å². The number of nitrogens with one attached hydrogen (secondary N) is 1. The lowest BCUT2D eigenvalue weighted by Crippen LogP contribution is -2.31. The molecule has 0 heterocycles. The summed E-state index contributed by atoms with van der Waals surface area (Å²) in [6.07, 6.45) is 1.15. The van der Waals surface area contributed by atoms with Crippen LogP contribution in [-0.2, 0) is 14.6 Å². The van der Waals surface area contributed by atoms with Gasteiger partial charge < -0.3 is 10.1 Å². The predicted octanol–water partition coefficient (Wildman–Crippen LogP) is 3.76. The quantitative estimate of drug-likeness (QED) is 0.733. The van der Waals surface area contributed by atoms with Crippen LogP contribution in [0.2, 0.25) is 5.02 Å². The van der Waals surface area contributed by atoms with Crippen molar-refractivity contribution in [3.8, 4) is 5.75 Å². The molecule has 0 unspecified atom stereocenters. The molecule has 0 saturated heterocycles. The topological polar surface area (TPSA) is 72.5 Å². The van der Waals surface area contributed by atoms with E-state index in [1.807, 2.05) is 6.92 Å². The molecule has 0 fully saturated rings. The molecule has 0 radical (unpaired) electrons. The van der Waals surface area contributed by atoms with Crippen LogP contribution in [0, 0.1) is 0 Å². The van der Waals surface area contributed by atoms with Crippen LogP contribution in [0.3, 0.4) is 0 Å². The van der Waals surface area contributed by atoms with Gasteiger partial charge in [-0.15, -0.1) is 0 Å². The smallest absolute Gasteiger partial charge is 0.258 e. The van der Waals surface area contributed by atoms with Crippen molar-refractivity contribution in [1.29, 1.82) is 0 Å². The van der Waals surface area contributed by atoms with Crippen molar-refractivity contribution >= 4 is 43.3 Å². The first-order valence-corrected chi connectivity index (χ1v) is 10.4. The molecular formula is C17H17BrClNO4S. The fourth-order valence-corrected chi connectivity index (χ4v) is 3.53. The summed E-state index contributed by atoms with van der Waals surface area (Å²) in [6.45, 7) is 1.66. The van der Waals surface area contributed by atoms with Gasteiger partial charge in [0.25, 0.3) is 5.91 Å². The molecule has 8 heteroatoms.